The Morgan fingerprint density at radius 1 is 1.13 bits per heavy atom. The second kappa shape index (κ2) is 4.77. The first-order valence-corrected chi connectivity index (χ1v) is 7.63. The van der Waals surface area contributed by atoms with Crippen molar-refractivity contribution < 1.29 is 0 Å². The molecule has 2 saturated carbocycles. The van der Waals surface area contributed by atoms with Crippen LogP contribution in [0.4, 0.5) is 0 Å². The number of halogens is 1. The Kier molecular flexibility index (Phi) is 3.80. The molecule has 0 aliphatic heterocycles. The number of alkyl halides is 1. The van der Waals surface area contributed by atoms with Gasteiger partial charge in [-0.2, -0.15) is 0 Å². The molecule has 0 heterocycles. The van der Waals surface area contributed by atoms with Gasteiger partial charge < -0.3 is 0 Å². The highest BCUT2D eigenvalue weighted by atomic mass is 79.9. The van der Waals surface area contributed by atoms with E-state index >= 15 is 0 Å². The predicted octanol–water partition coefficient (Wildman–Crippen LogP) is 5.16. The zero-order valence-corrected chi connectivity index (χ0v) is 11.9. The van der Waals surface area contributed by atoms with Crippen molar-refractivity contribution in [1.29, 1.82) is 0 Å². The minimum absolute atomic E-state index is 0.666. The SMILES string of the molecule is CC1CCC(CC2(C)CCC(Br)C2)CC1. The van der Waals surface area contributed by atoms with Crippen LogP contribution in [0.3, 0.4) is 0 Å². The van der Waals surface area contributed by atoms with Crippen LogP contribution in [-0.2, 0) is 0 Å². The zero-order valence-electron chi connectivity index (χ0n) is 10.3. The largest absolute Gasteiger partial charge is 0.0890 e. The van der Waals surface area contributed by atoms with Crippen LogP contribution in [0.25, 0.3) is 0 Å². The molecule has 2 aliphatic carbocycles. The first-order valence-electron chi connectivity index (χ1n) is 6.71. The lowest BCUT2D eigenvalue weighted by Crippen LogP contribution is -2.21. The highest BCUT2D eigenvalue weighted by Gasteiger charge is 2.36. The molecule has 0 amide bonds. The van der Waals surface area contributed by atoms with Crippen LogP contribution in [-0.4, -0.2) is 4.83 Å². The van der Waals surface area contributed by atoms with E-state index in [0.29, 0.717) is 5.41 Å². The third kappa shape index (κ3) is 3.22. The molecule has 2 fully saturated rings. The second-order valence-corrected chi connectivity index (χ2v) is 7.78. The summed E-state index contributed by atoms with van der Waals surface area (Å²) in [5.41, 5.74) is 0.666. The van der Waals surface area contributed by atoms with Crippen LogP contribution in [0.2, 0.25) is 0 Å². The third-order valence-corrected chi connectivity index (χ3v) is 5.47. The molecule has 0 radical (unpaired) electrons. The van der Waals surface area contributed by atoms with Crippen molar-refractivity contribution in [2.24, 2.45) is 17.3 Å². The van der Waals surface area contributed by atoms with Crippen molar-refractivity contribution in [3.8, 4) is 0 Å². The summed E-state index contributed by atoms with van der Waals surface area (Å²) in [6.07, 6.45) is 11.7. The fourth-order valence-electron chi connectivity index (χ4n) is 3.66. The summed E-state index contributed by atoms with van der Waals surface area (Å²) in [6.45, 7) is 4.94. The normalized spacial score (nSPS) is 47.0. The molecule has 1 heteroatoms. The minimum Gasteiger partial charge on any atom is -0.0890 e. The van der Waals surface area contributed by atoms with Gasteiger partial charge in [0.25, 0.3) is 0 Å². The first kappa shape index (κ1) is 12.0. The summed E-state index contributed by atoms with van der Waals surface area (Å²) in [6, 6.07) is 0. The third-order valence-electron chi connectivity index (χ3n) is 4.69. The van der Waals surface area contributed by atoms with E-state index in [1.165, 1.54) is 51.4 Å². The van der Waals surface area contributed by atoms with E-state index in [-0.39, 0.29) is 0 Å². The molecule has 2 atom stereocenters. The highest BCUT2D eigenvalue weighted by molar-refractivity contribution is 9.09. The molecular formula is C14H25Br. The smallest absolute Gasteiger partial charge is 0.0151 e. The van der Waals surface area contributed by atoms with Gasteiger partial charge in [-0.3, -0.25) is 0 Å². The summed E-state index contributed by atoms with van der Waals surface area (Å²) < 4.78 is 0. The quantitative estimate of drug-likeness (QED) is 0.610. The van der Waals surface area contributed by atoms with Crippen LogP contribution in [0.5, 0.6) is 0 Å². The monoisotopic (exact) mass is 272 g/mol. The Morgan fingerprint density at radius 2 is 1.80 bits per heavy atom. The maximum Gasteiger partial charge on any atom is 0.0151 e. The predicted molar refractivity (Wildman–Crippen MR) is 70.4 cm³/mol. The zero-order chi connectivity index (χ0) is 10.9. The van der Waals surface area contributed by atoms with Gasteiger partial charge in [0.1, 0.15) is 0 Å². The summed E-state index contributed by atoms with van der Waals surface area (Å²) in [4.78, 5) is 0.810. The minimum atomic E-state index is 0.666. The molecule has 15 heavy (non-hydrogen) atoms. The average Bonchev–Trinajstić information content (AvgIpc) is 2.50. The topological polar surface area (TPSA) is 0 Å². The van der Waals surface area contributed by atoms with E-state index in [1.807, 2.05) is 0 Å². The molecule has 88 valence electrons. The lowest BCUT2D eigenvalue weighted by atomic mass is 9.73. The van der Waals surface area contributed by atoms with E-state index in [2.05, 4.69) is 29.8 Å². The molecule has 2 aliphatic rings. The van der Waals surface area contributed by atoms with Gasteiger partial charge in [-0.05, 0) is 42.9 Å². The molecule has 0 N–H and O–H groups in total. The molecule has 0 saturated heterocycles. The summed E-state index contributed by atoms with van der Waals surface area (Å²) in [7, 11) is 0. The Hall–Kier alpha value is 0.480. The van der Waals surface area contributed by atoms with E-state index in [1.54, 1.807) is 0 Å². The second-order valence-electron chi connectivity index (χ2n) is 6.48. The average molecular weight is 273 g/mol. The number of hydrogen-bond acceptors (Lipinski definition) is 0. The molecule has 0 nitrogen and oxygen atoms in total. The van der Waals surface area contributed by atoms with Crippen LogP contribution < -0.4 is 0 Å². The van der Waals surface area contributed by atoms with E-state index in [0.717, 1.165) is 16.7 Å². The van der Waals surface area contributed by atoms with Gasteiger partial charge in [-0.1, -0.05) is 55.5 Å². The highest BCUT2D eigenvalue weighted by Crippen LogP contribution is 2.47. The van der Waals surface area contributed by atoms with Gasteiger partial charge in [-0.15, -0.1) is 0 Å². The van der Waals surface area contributed by atoms with E-state index < -0.39 is 0 Å². The fraction of sp³-hybridized carbons (Fsp3) is 1.00. The van der Waals surface area contributed by atoms with Gasteiger partial charge >= 0.3 is 0 Å². The Bertz CT molecular complexity index is 205. The summed E-state index contributed by atoms with van der Waals surface area (Å²) in [5, 5.41) is 0. The molecule has 0 aromatic carbocycles. The first-order chi connectivity index (χ1) is 7.07. The molecule has 2 rings (SSSR count). The van der Waals surface area contributed by atoms with Crippen LogP contribution >= 0.6 is 15.9 Å². The lowest BCUT2D eigenvalue weighted by molar-refractivity contribution is 0.188. The molecule has 0 spiro atoms. The molecule has 0 aromatic heterocycles. The summed E-state index contributed by atoms with van der Waals surface area (Å²) in [5.74, 6) is 2.05. The standard InChI is InChI=1S/C14H25Br/c1-11-3-5-12(6-4-11)9-14(2)8-7-13(15)10-14/h11-13H,3-10H2,1-2H3. The van der Waals surface area contributed by atoms with Gasteiger partial charge in [0.2, 0.25) is 0 Å². The Balaban J connectivity index is 1.81. The van der Waals surface area contributed by atoms with Crippen molar-refractivity contribution in [3.05, 3.63) is 0 Å². The molecule has 0 aromatic rings. The van der Waals surface area contributed by atoms with Crippen LogP contribution in [0, 0.1) is 17.3 Å². The molecular weight excluding hydrogens is 248 g/mol. The van der Waals surface area contributed by atoms with Crippen molar-refractivity contribution >= 4 is 15.9 Å². The number of hydrogen-bond donors (Lipinski definition) is 0. The maximum atomic E-state index is 3.79. The van der Waals surface area contributed by atoms with Crippen LogP contribution in [0.15, 0.2) is 0 Å². The van der Waals surface area contributed by atoms with Crippen molar-refractivity contribution in [2.75, 3.05) is 0 Å². The van der Waals surface area contributed by atoms with Gasteiger partial charge in [0, 0.05) is 4.83 Å². The van der Waals surface area contributed by atoms with Crippen molar-refractivity contribution in [3.63, 3.8) is 0 Å². The van der Waals surface area contributed by atoms with Gasteiger partial charge in [-0.25, -0.2) is 0 Å². The summed E-state index contributed by atoms with van der Waals surface area (Å²) >= 11 is 3.79. The number of rotatable bonds is 2. The van der Waals surface area contributed by atoms with E-state index in [4.69, 9.17) is 0 Å². The van der Waals surface area contributed by atoms with E-state index in [9.17, 15) is 0 Å². The maximum absolute atomic E-state index is 3.79. The Morgan fingerprint density at radius 3 is 2.33 bits per heavy atom. The van der Waals surface area contributed by atoms with Gasteiger partial charge in [0.05, 0.1) is 0 Å². The lowest BCUT2D eigenvalue weighted by Gasteiger charge is -2.33. The molecule has 0 bridgehead atoms. The Labute approximate surface area is 103 Å². The van der Waals surface area contributed by atoms with Gasteiger partial charge in [0.15, 0.2) is 0 Å². The van der Waals surface area contributed by atoms with Crippen molar-refractivity contribution in [1.82, 2.24) is 0 Å². The fourth-order valence-corrected chi connectivity index (χ4v) is 4.67. The van der Waals surface area contributed by atoms with Crippen LogP contribution in [0.1, 0.15) is 65.2 Å². The van der Waals surface area contributed by atoms with Crippen molar-refractivity contribution in [2.45, 2.75) is 70.0 Å². The molecule has 2 unspecified atom stereocenters.